The van der Waals surface area contributed by atoms with Gasteiger partial charge in [-0.3, -0.25) is 4.79 Å². The molecule has 0 saturated heterocycles. The van der Waals surface area contributed by atoms with Crippen LogP contribution in [0.5, 0.6) is 0 Å². The van der Waals surface area contributed by atoms with Gasteiger partial charge in [-0.25, -0.2) is 14.4 Å². The van der Waals surface area contributed by atoms with Crippen LogP contribution in [0.25, 0.3) is 0 Å². The number of methoxy groups -OCH3 is 1. The Bertz CT molecular complexity index is 1160. The first-order valence-electron chi connectivity index (χ1n) is 18.6. The third-order valence-electron chi connectivity index (χ3n) is 9.04. The Balaban J connectivity index is 0. The Kier molecular flexibility index (Phi) is 22.8. The highest BCUT2D eigenvalue weighted by atomic mass is 16.7. The summed E-state index contributed by atoms with van der Waals surface area (Å²) in [6, 6.07) is 9.07. The van der Waals surface area contributed by atoms with Crippen molar-refractivity contribution in [1.82, 2.24) is 0 Å². The molecule has 0 N–H and O–H groups in total. The van der Waals surface area contributed by atoms with Crippen LogP contribution in [0, 0.1) is 21.7 Å². The molecule has 1 aromatic rings. The molecule has 0 aromatic heterocycles. The van der Waals surface area contributed by atoms with E-state index in [0.29, 0.717) is 5.56 Å². The molecule has 2 rings (SSSR count). The third-order valence-corrected chi connectivity index (χ3v) is 9.04. The van der Waals surface area contributed by atoms with Crippen LogP contribution in [0.1, 0.15) is 160 Å². The normalized spacial score (nSPS) is 15.8. The SMILES string of the molecule is CC(=O)OC(C)C(C)(C)C.CC(OC(=O)OC1CCCCC1)C(C)(C)C.CC(OC(=O)c1ccccc1)C(C)(C)C.COC(=O)OC(C)C(C)(C)C. The van der Waals surface area contributed by atoms with Crippen molar-refractivity contribution in [2.45, 2.75) is 180 Å². The second-order valence-electron chi connectivity index (χ2n) is 17.7. The average molecular weight is 739 g/mol. The Hall–Kier alpha value is -3.30. The van der Waals surface area contributed by atoms with Crippen molar-refractivity contribution >= 4 is 24.2 Å². The second kappa shape index (κ2) is 23.4. The Morgan fingerprint density at radius 1 is 0.558 bits per heavy atom. The maximum absolute atomic E-state index is 11.7. The quantitative estimate of drug-likeness (QED) is 0.206. The van der Waals surface area contributed by atoms with Crippen LogP contribution in [0.3, 0.4) is 0 Å². The van der Waals surface area contributed by atoms with Gasteiger partial charge in [0.1, 0.15) is 30.5 Å². The predicted molar refractivity (Wildman–Crippen MR) is 207 cm³/mol. The van der Waals surface area contributed by atoms with Gasteiger partial charge < -0.3 is 28.4 Å². The highest BCUT2D eigenvalue weighted by molar-refractivity contribution is 5.89. The standard InChI is InChI=1S/C13H24O3.C13H18O2.C8H16O3.C8H16O2/c1-10(13(2,3)4)15-12(14)16-11-8-6-5-7-9-11;1-10(13(2,3)4)15-12(14)11-8-6-5-7-9-11;1-6(8(2,3)4)11-7(9)10-5;1-6(8(3,4)5)10-7(2)9/h10-11H,5-9H2,1-4H3;5-10H,1-4H3;6H,1-5H3;6H,1-5H3. The lowest BCUT2D eigenvalue weighted by Crippen LogP contribution is -2.31. The van der Waals surface area contributed by atoms with Gasteiger partial charge in [-0.2, -0.15) is 0 Å². The fraction of sp³-hybridized carbons (Fsp3) is 0.762. The van der Waals surface area contributed by atoms with E-state index in [4.69, 9.17) is 23.7 Å². The maximum Gasteiger partial charge on any atom is 0.508 e. The summed E-state index contributed by atoms with van der Waals surface area (Å²) in [7, 11) is 1.30. The van der Waals surface area contributed by atoms with Crippen LogP contribution < -0.4 is 0 Å². The largest absolute Gasteiger partial charge is 0.508 e. The van der Waals surface area contributed by atoms with E-state index in [1.807, 2.05) is 108 Å². The molecular formula is C42H74O10. The van der Waals surface area contributed by atoms with Crippen molar-refractivity contribution in [3.63, 3.8) is 0 Å². The van der Waals surface area contributed by atoms with Crippen molar-refractivity contribution in [3.05, 3.63) is 35.9 Å². The number of carbonyl (C=O) groups excluding carboxylic acids is 4. The maximum atomic E-state index is 11.7. The number of benzene rings is 1. The molecule has 4 atom stereocenters. The molecule has 1 aliphatic carbocycles. The highest BCUT2D eigenvalue weighted by Crippen LogP contribution is 2.26. The molecule has 302 valence electrons. The minimum atomic E-state index is -0.618. The van der Waals surface area contributed by atoms with E-state index >= 15 is 0 Å². The van der Waals surface area contributed by atoms with E-state index in [1.54, 1.807) is 12.1 Å². The Morgan fingerprint density at radius 2 is 0.923 bits per heavy atom. The number of hydrogen-bond acceptors (Lipinski definition) is 10. The van der Waals surface area contributed by atoms with E-state index < -0.39 is 12.3 Å². The van der Waals surface area contributed by atoms with Crippen molar-refractivity contribution in [2.24, 2.45) is 21.7 Å². The van der Waals surface area contributed by atoms with Gasteiger partial charge in [-0.05, 0) is 87.2 Å². The number of hydrogen-bond donors (Lipinski definition) is 0. The third kappa shape index (κ3) is 24.8. The molecule has 0 amide bonds. The lowest BCUT2D eigenvalue weighted by atomic mass is 9.90. The molecule has 1 aromatic carbocycles. The summed E-state index contributed by atoms with van der Waals surface area (Å²) in [6.07, 6.45) is 4.15. The topological polar surface area (TPSA) is 124 Å². The van der Waals surface area contributed by atoms with Crippen LogP contribution in [-0.2, 0) is 33.2 Å². The van der Waals surface area contributed by atoms with Crippen LogP contribution in [0.2, 0.25) is 0 Å². The highest BCUT2D eigenvalue weighted by Gasteiger charge is 2.27. The van der Waals surface area contributed by atoms with Crippen molar-refractivity contribution < 1.29 is 47.6 Å². The molecule has 10 heteroatoms. The monoisotopic (exact) mass is 739 g/mol. The summed E-state index contributed by atoms with van der Waals surface area (Å²) >= 11 is 0. The molecule has 0 spiro atoms. The molecule has 52 heavy (non-hydrogen) atoms. The minimum absolute atomic E-state index is 0.00926. The molecule has 10 nitrogen and oxygen atoms in total. The second-order valence-corrected chi connectivity index (χ2v) is 17.7. The lowest BCUT2D eigenvalue weighted by molar-refractivity contribution is -0.150. The minimum Gasteiger partial charge on any atom is -0.462 e. The van der Waals surface area contributed by atoms with Gasteiger partial charge in [0.05, 0.1) is 12.7 Å². The molecule has 0 radical (unpaired) electrons. The first kappa shape index (κ1) is 50.8. The number of rotatable bonds is 6. The molecule has 1 aliphatic rings. The van der Waals surface area contributed by atoms with Crippen LogP contribution in [-0.4, -0.2) is 61.9 Å². The van der Waals surface area contributed by atoms with Gasteiger partial charge in [-0.1, -0.05) is 108 Å². The fourth-order valence-electron chi connectivity index (χ4n) is 3.44. The van der Waals surface area contributed by atoms with E-state index in [0.717, 1.165) is 25.7 Å². The molecular weight excluding hydrogens is 664 g/mol. The predicted octanol–water partition coefficient (Wildman–Crippen LogP) is 11.4. The van der Waals surface area contributed by atoms with Gasteiger partial charge in [0, 0.05) is 6.92 Å². The molecule has 1 saturated carbocycles. The van der Waals surface area contributed by atoms with Gasteiger partial charge >= 0.3 is 24.2 Å². The molecule has 0 aliphatic heterocycles. The van der Waals surface area contributed by atoms with Gasteiger partial charge in [0.25, 0.3) is 0 Å². The van der Waals surface area contributed by atoms with E-state index in [2.05, 4.69) is 25.5 Å². The number of esters is 2. The first-order valence-corrected chi connectivity index (χ1v) is 18.6. The molecule has 0 heterocycles. The Morgan fingerprint density at radius 3 is 1.27 bits per heavy atom. The summed E-state index contributed by atoms with van der Waals surface area (Å²) in [5.74, 6) is -0.458. The molecule has 4 unspecified atom stereocenters. The number of ether oxygens (including phenoxy) is 6. The zero-order valence-electron chi connectivity index (χ0n) is 35.9. The summed E-state index contributed by atoms with van der Waals surface area (Å²) < 4.78 is 30.1. The smallest absolute Gasteiger partial charge is 0.462 e. The van der Waals surface area contributed by atoms with E-state index in [1.165, 1.54) is 20.5 Å². The van der Waals surface area contributed by atoms with Crippen LogP contribution >= 0.6 is 0 Å². The zero-order chi connectivity index (χ0) is 41.1. The first-order chi connectivity index (χ1) is 23.5. The molecule has 1 fully saturated rings. The van der Waals surface area contributed by atoms with E-state index in [-0.39, 0.29) is 64.1 Å². The van der Waals surface area contributed by atoms with Crippen molar-refractivity contribution in [1.29, 1.82) is 0 Å². The number of carbonyl (C=O) groups is 4. The van der Waals surface area contributed by atoms with Crippen LogP contribution in [0.15, 0.2) is 30.3 Å². The summed E-state index contributed by atoms with van der Waals surface area (Å²) in [5, 5.41) is 0. The lowest BCUT2D eigenvalue weighted by Gasteiger charge is -2.28. The molecule has 0 bridgehead atoms. The van der Waals surface area contributed by atoms with E-state index in [9.17, 15) is 19.2 Å². The summed E-state index contributed by atoms with van der Waals surface area (Å²) in [6.45, 7) is 33.4. The van der Waals surface area contributed by atoms with Gasteiger partial charge in [0.2, 0.25) is 0 Å². The average Bonchev–Trinajstić information content (AvgIpc) is 3.00. The van der Waals surface area contributed by atoms with Crippen molar-refractivity contribution in [2.75, 3.05) is 7.11 Å². The zero-order valence-corrected chi connectivity index (χ0v) is 35.9. The van der Waals surface area contributed by atoms with Crippen molar-refractivity contribution in [3.8, 4) is 0 Å². The Labute approximate surface area is 316 Å². The van der Waals surface area contributed by atoms with Crippen LogP contribution in [0.4, 0.5) is 9.59 Å². The summed E-state index contributed by atoms with van der Waals surface area (Å²) in [4.78, 5) is 44.3. The van der Waals surface area contributed by atoms with Gasteiger partial charge in [0.15, 0.2) is 0 Å². The fourth-order valence-corrected chi connectivity index (χ4v) is 3.44. The summed E-state index contributed by atoms with van der Waals surface area (Å²) in [5.41, 5.74) is 0.559. The van der Waals surface area contributed by atoms with Gasteiger partial charge in [-0.15, -0.1) is 0 Å².